The lowest BCUT2D eigenvalue weighted by Gasteiger charge is -2.30. The predicted molar refractivity (Wildman–Crippen MR) is 250 cm³/mol. The summed E-state index contributed by atoms with van der Waals surface area (Å²) in [7, 11) is -3.29. The highest BCUT2D eigenvalue weighted by molar-refractivity contribution is 7.80. The van der Waals surface area contributed by atoms with Crippen molar-refractivity contribution in [2.24, 2.45) is 5.73 Å². The van der Waals surface area contributed by atoms with Gasteiger partial charge >= 0.3 is 10.4 Å². The summed E-state index contributed by atoms with van der Waals surface area (Å²) in [4.78, 5) is 0. The molecule has 0 amide bonds. The molecule has 56 heavy (non-hydrogen) atoms. The van der Waals surface area contributed by atoms with Crippen LogP contribution in [0.5, 0.6) is 0 Å². The van der Waals surface area contributed by atoms with Gasteiger partial charge in [0.1, 0.15) is 0 Å². The lowest BCUT2D eigenvalue weighted by atomic mass is 9.82. The van der Waals surface area contributed by atoms with E-state index in [0.29, 0.717) is 0 Å². The SMILES string of the molecule is CCCCCCCCCCCCCCCCC(N)(CCCCCCCCCCCCCCCC)CCCCCCCCCCCCCCCC.COS(=O)(=O)O. The van der Waals surface area contributed by atoms with Crippen molar-refractivity contribution in [3.05, 3.63) is 0 Å². The van der Waals surface area contributed by atoms with Crippen molar-refractivity contribution in [1.29, 1.82) is 0 Å². The molecule has 0 aromatic rings. The number of nitrogens with two attached hydrogens (primary N) is 1. The zero-order chi connectivity index (χ0) is 41.5. The van der Waals surface area contributed by atoms with Crippen molar-refractivity contribution in [3.8, 4) is 0 Å². The molecule has 0 aliphatic carbocycles. The summed E-state index contributed by atoms with van der Waals surface area (Å²) in [6.07, 6.45) is 64.4. The van der Waals surface area contributed by atoms with Crippen LogP contribution in [0.2, 0.25) is 0 Å². The third kappa shape index (κ3) is 51.8. The molecule has 0 spiro atoms. The van der Waals surface area contributed by atoms with Crippen molar-refractivity contribution < 1.29 is 17.2 Å². The normalized spacial score (nSPS) is 12.0. The molecule has 0 bridgehead atoms. The van der Waals surface area contributed by atoms with Gasteiger partial charge in [-0.05, 0) is 19.3 Å². The summed E-state index contributed by atoms with van der Waals surface area (Å²) in [5.74, 6) is 0. The zero-order valence-electron chi connectivity index (χ0n) is 39.0. The topological polar surface area (TPSA) is 89.6 Å². The molecule has 0 atom stereocenters. The first-order valence-corrected chi connectivity index (χ1v) is 26.9. The summed E-state index contributed by atoms with van der Waals surface area (Å²) < 4.78 is 29.7. The predicted octanol–water partition coefficient (Wildman–Crippen LogP) is 17.7. The fourth-order valence-electron chi connectivity index (χ4n) is 8.39. The fraction of sp³-hybridized carbons (Fsp3) is 1.00. The Kier molecular flexibility index (Phi) is 49.1. The minimum Gasteiger partial charge on any atom is -0.325 e. The van der Waals surface area contributed by atoms with Gasteiger partial charge in [-0.1, -0.05) is 290 Å². The molecule has 0 saturated carbocycles. The molecule has 0 radical (unpaired) electrons. The van der Waals surface area contributed by atoms with Crippen molar-refractivity contribution in [3.63, 3.8) is 0 Å². The van der Waals surface area contributed by atoms with Crippen LogP contribution in [0.15, 0.2) is 0 Å². The molecule has 0 rings (SSSR count). The summed E-state index contributed by atoms with van der Waals surface area (Å²) >= 11 is 0. The first-order chi connectivity index (χ1) is 27.2. The first kappa shape index (κ1) is 57.9. The van der Waals surface area contributed by atoms with Gasteiger partial charge in [0.2, 0.25) is 0 Å². The van der Waals surface area contributed by atoms with Gasteiger partial charge in [0, 0.05) is 5.54 Å². The second-order valence-electron chi connectivity index (χ2n) is 18.0. The molecular weight excluding hydrogens is 711 g/mol. The highest BCUT2D eigenvalue weighted by Crippen LogP contribution is 2.27. The maximum Gasteiger partial charge on any atom is 0.397 e. The molecule has 5 nitrogen and oxygen atoms in total. The van der Waals surface area contributed by atoms with Gasteiger partial charge < -0.3 is 5.73 Å². The largest absolute Gasteiger partial charge is 0.397 e. The molecule has 0 unspecified atom stereocenters. The molecule has 0 fully saturated rings. The second kappa shape index (κ2) is 47.5. The summed E-state index contributed by atoms with van der Waals surface area (Å²) in [5, 5.41) is 0. The van der Waals surface area contributed by atoms with Crippen LogP contribution in [-0.2, 0) is 14.6 Å². The maximum absolute atomic E-state index is 9.33. The van der Waals surface area contributed by atoms with E-state index in [0.717, 1.165) is 7.11 Å². The van der Waals surface area contributed by atoms with Crippen LogP contribution in [0.1, 0.15) is 310 Å². The molecule has 0 aromatic heterocycles. The first-order valence-electron chi connectivity index (χ1n) is 25.6. The molecule has 340 valence electrons. The van der Waals surface area contributed by atoms with Crippen molar-refractivity contribution in [2.45, 2.75) is 315 Å². The Bertz CT molecular complexity index is 741. The lowest BCUT2D eigenvalue weighted by Crippen LogP contribution is -2.39. The minimum atomic E-state index is -4.16. The zero-order valence-corrected chi connectivity index (χ0v) is 39.8. The number of hydrogen-bond donors (Lipinski definition) is 2. The van der Waals surface area contributed by atoms with E-state index in [-0.39, 0.29) is 5.54 Å². The van der Waals surface area contributed by atoms with Crippen LogP contribution in [0, 0.1) is 0 Å². The Morgan fingerprint density at radius 1 is 0.339 bits per heavy atom. The van der Waals surface area contributed by atoms with Gasteiger partial charge in [0.05, 0.1) is 7.11 Å². The van der Waals surface area contributed by atoms with Gasteiger partial charge in [0.25, 0.3) is 0 Å². The van der Waals surface area contributed by atoms with Crippen LogP contribution in [0.25, 0.3) is 0 Å². The molecular formula is C50H105NO4S. The highest BCUT2D eigenvalue weighted by atomic mass is 32.3. The summed E-state index contributed by atoms with van der Waals surface area (Å²) in [6, 6.07) is 0. The van der Waals surface area contributed by atoms with Crippen molar-refractivity contribution >= 4 is 10.4 Å². The quantitative estimate of drug-likeness (QED) is 0.0472. The Balaban J connectivity index is 0. The third-order valence-electron chi connectivity index (χ3n) is 12.3. The summed E-state index contributed by atoms with van der Waals surface area (Å²) in [5.41, 5.74) is 7.36. The van der Waals surface area contributed by atoms with Gasteiger partial charge in [-0.3, -0.25) is 8.74 Å². The van der Waals surface area contributed by atoms with E-state index in [1.807, 2.05) is 0 Å². The van der Waals surface area contributed by atoms with E-state index < -0.39 is 10.4 Å². The van der Waals surface area contributed by atoms with E-state index in [1.165, 1.54) is 289 Å². The fourth-order valence-corrected chi connectivity index (χ4v) is 8.39. The smallest absolute Gasteiger partial charge is 0.325 e. The average molecular weight is 816 g/mol. The van der Waals surface area contributed by atoms with E-state index in [9.17, 15) is 8.42 Å². The Hall–Kier alpha value is -0.170. The standard InChI is InChI=1S/C49H101N.CH4O4S/c1-4-7-10-13-16-19-22-25-28-31-34-37-40-43-46-49(50,47-44-41-38-35-32-29-26-23-20-17-14-11-8-5-2)48-45-42-39-36-33-30-27-24-21-18-15-12-9-6-3;1-5-6(2,3)4/h4-48,50H2,1-3H3;1H3,(H,2,3,4). The number of rotatable bonds is 46. The van der Waals surface area contributed by atoms with Crippen molar-refractivity contribution in [2.75, 3.05) is 7.11 Å². The lowest BCUT2D eigenvalue weighted by molar-refractivity contribution is 0.302. The minimum absolute atomic E-state index is 0.116. The number of hydrogen-bond acceptors (Lipinski definition) is 4. The highest BCUT2D eigenvalue weighted by Gasteiger charge is 2.23. The molecule has 0 heterocycles. The number of unbranched alkanes of at least 4 members (excludes halogenated alkanes) is 39. The molecule has 6 heteroatoms. The van der Waals surface area contributed by atoms with Crippen LogP contribution < -0.4 is 5.73 Å². The Labute approximate surface area is 354 Å². The van der Waals surface area contributed by atoms with Crippen LogP contribution in [0.4, 0.5) is 0 Å². The van der Waals surface area contributed by atoms with E-state index >= 15 is 0 Å². The van der Waals surface area contributed by atoms with Crippen LogP contribution in [-0.4, -0.2) is 25.6 Å². The van der Waals surface area contributed by atoms with Gasteiger partial charge in [-0.25, -0.2) is 0 Å². The molecule has 3 N–H and O–H groups in total. The van der Waals surface area contributed by atoms with Crippen LogP contribution >= 0.6 is 0 Å². The van der Waals surface area contributed by atoms with E-state index in [4.69, 9.17) is 10.3 Å². The van der Waals surface area contributed by atoms with Gasteiger partial charge in [-0.2, -0.15) is 8.42 Å². The van der Waals surface area contributed by atoms with Crippen molar-refractivity contribution in [1.82, 2.24) is 0 Å². The van der Waals surface area contributed by atoms with Gasteiger partial charge in [0.15, 0.2) is 0 Å². The third-order valence-corrected chi connectivity index (χ3v) is 12.7. The molecule has 0 aromatic carbocycles. The van der Waals surface area contributed by atoms with E-state index in [1.54, 1.807) is 0 Å². The van der Waals surface area contributed by atoms with Crippen LogP contribution in [0.3, 0.4) is 0 Å². The Morgan fingerprint density at radius 3 is 0.589 bits per heavy atom. The molecule has 0 saturated heterocycles. The van der Waals surface area contributed by atoms with Gasteiger partial charge in [-0.15, -0.1) is 0 Å². The molecule has 0 aliphatic heterocycles. The molecule has 0 aliphatic rings. The Morgan fingerprint density at radius 2 is 0.464 bits per heavy atom. The summed E-state index contributed by atoms with van der Waals surface area (Å²) in [6.45, 7) is 6.94. The second-order valence-corrected chi connectivity index (χ2v) is 19.2. The van der Waals surface area contributed by atoms with E-state index in [2.05, 4.69) is 25.0 Å². The average Bonchev–Trinajstić information content (AvgIpc) is 3.18. The monoisotopic (exact) mass is 816 g/mol. The maximum atomic E-state index is 9.33.